The smallest absolute Gasteiger partial charge is 0.223 e. The Kier molecular flexibility index (Phi) is 5.12. The Morgan fingerprint density at radius 3 is 2.64 bits per heavy atom. The van der Waals surface area contributed by atoms with Crippen LogP contribution < -0.4 is 10.2 Å². The van der Waals surface area contributed by atoms with Gasteiger partial charge in [-0.05, 0) is 29.7 Å². The Labute approximate surface area is 146 Å². The van der Waals surface area contributed by atoms with Gasteiger partial charge in [-0.15, -0.1) is 0 Å². The maximum Gasteiger partial charge on any atom is 0.223 e. The maximum atomic E-state index is 13.6. The van der Waals surface area contributed by atoms with E-state index in [1.165, 1.54) is 13.0 Å². The summed E-state index contributed by atoms with van der Waals surface area (Å²) in [4.78, 5) is 25.8. The zero-order valence-corrected chi connectivity index (χ0v) is 14.2. The lowest BCUT2D eigenvalue weighted by Crippen LogP contribution is -2.30. The highest BCUT2D eigenvalue weighted by molar-refractivity contribution is 5.94. The van der Waals surface area contributed by atoms with Crippen LogP contribution in [0.3, 0.4) is 0 Å². The third kappa shape index (κ3) is 3.87. The first-order chi connectivity index (χ1) is 12.1. The normalized spacial score (nSPS) is 15.8. The van der Waals surface area contributed by atoms with E-state index in [1.54, 1.807) is 23.1 Å². The molecule has 0 saturated carbocycles. The molecule has 1 atom stereocenters. The van der Waals surface area contributed by atoms with Crippen LogP contribution in [0.1, 0.15) is 30.4 Å². The second kappa shape index (κ2) is 7.47. The highest BCUT2D eigenvalue weighted by atomic mass is 19.1. The van der Waals surface area contributed by atoms with Gasteiger partial charge in [0.25, 0.3) is 0 Å². The Morgan fingerprint density at radius 2 is 1.88 bits per heavy atom. The summed E-state index contributed by atoms with van der Waals surface area (Å²) in [5, 5.41) is 2.85. The molecule has 1 aliphatic rings. The van der Waals surface area contributed by atoms with E-state index >= 15 is 0 Å². The lowest BCUT2D eigenvalue weighted by atomic mass is 9.97. The van der Waals surface area contributed by atoms with Crippen molar-refractivity contribution in [2.45, 2.75) is 25.7 Å². The van der Waals surface area contributed by atoms with Crippen molar-refractivity contribution in [1.82, 2.24) is 5.32 Å². The fourth-order valence-electron chi connectivity index (χ4n) is 3.30. The fraction of sp³-hybridized carbons (Fsp3) is 0.300. The molecule has 25 heavy (non-hydrogen) atoms. The number of fused-ring (bicyclic) bond motifs is 1. The van der Waals surface area contributed by atoms with E-state index in [0.717, 1.165) is 11.3 Å². The van der Waals surface area contributed by atoms with Crippen molar-refractivity contribution in [1.29, 1.82) is 0 Å². The molecule has 2 aromatic carbocycles. The number of nitrogens with one attached hydrogen (secondary N) is 1. The quantitative estimate of drug-likeness (QED) is 0.909. The molecule has 0 aliphatic carbocycles. The fourth-order valence-corrected chi connectivity index (χ4v) is 3.30. The Balaban J connectivity index is 1.57. The number of halogens is 1. The highest BCUT2D eigenvalue weighted by Crippen LogP contribution is 2.37. The number of nitrogens with zero attached hydrogens (tertiary/aromatic N) is 1. The van der Waals surface area contributed by atoms with Crippen LogP contribution in [0, 0.1) is 5.82 Å². The summed E-state index contributed by atoms with van der Waals surface area (Å²) in [7, 11) is 0. The maximum absolute atomic E-state index is 13.6. The summed E-state index contributed by atoms with van der Waals surface area (Å²) in [6, 6.07) is 14.3. The van der Waals surface area contributed by atoms with Gasteiger partial charge in [-0.3, -0.25) is 9.59 Å². The van der Waals surface area contributed by atoms with Crippen LogP contribution in [-0.4, -0.2) is 24.9 Å². The molecule has 5 heteroatoms. The van der Waals surface area contributed by atoms with Gasteiger partial charge in [0.2, 0.25) is 11.8 Å². The van der Waals surface area contributed by atoms with Crippen molar-refractivity contribution >= 4 is 17.5 Å². The SMILES string of the molecule is CC(=O)N1CC(CC(=O)NCCc2ccccc2F)c2ccccc21. The first-order valence-electron chi connectivity index (χ1n) is 8.43. The van der Waals surface area contributed by atoms with Gasteiger partial charge in [-0.1, -0.05) is 36.4 Å². The molecule has 1 heterocycles. The second-order valence-corrected chi connectivity index (χ2v) is 6.28. The van der Waals surface area contributed by atoms with Gasteiger partial charge >= 0.3 is 0 Å². The topological polar surface area (TPSA) is 49.4 Å². The van der Waals surface area contributed by atoms with Crippen molar-refractivity contribution in [3.63, 3.8) is 0 Å². The summed E-state index contributed by atoms with van der Waals surface area (Å²) < 4.78 is 13.6. The van der Waals surface area contributed by atoms with Crippen LogP contribution in [0.5, 0.6) is 0 Å². The van der Waals surface area contributed by atoms with Crippen LogP contribution in [0.25, 0.3) is 0 Å². The largest absolute Gasteiger partial charge is 0.356 e. The number of rotatable bonds is 5. The average Bonchev–Trinajstić information content (AvgIpc) is 2.96. The van der Waals surface area contributed by atoms with Gasteiger partial charge in [0.05, 0.1) is 0 Å². The summed E-state index contributed by atoms with van der Waals surface area (Å²) in [6.45, 7) is 2.45. The van der Waals surface area contributed by atoms with E-state index in [2.05, 4.69) is 5.32 Å². The molecule has 0 radical (unpaired) electrons. The molecule has 1 unspecified atom stereocenters. The number of carbonyl (C=O) groups excluding carboxylic acids is 2. The van der Waals surface area contributed by atoms with Crippen molar-refractivity contribution in [3.8, 4) is 0 Å². The molecule has 1 aliphatic heterocycles. The van der Waals surface area contributed by atoms with E-state index in [1.807, 2.05) is 24.3 Å². The first kappa shape index (κ1) is 17.1. The summed E-state index contributed by atoms with van der Waals surface area (Å²) in [5.74, 6) is -0.358. The summed E-state index contributed by atoms with van der Waals surface area (Å²) in [6.07, 6.45) is 0.775. The lowest BCUT2D eigenvalue weighted by Gasteiger charge is -2.15. The molecule has 0 aromatic heterocycles. The van der Waals surface area contributed by atoms with Gasteiger partial charge in [0, 0.05) is 38.0 Å². The number of anilines is 1. The number of carbonyl (C=O) groups is 2. The molecule has 4 nitrogen and oxygen atoms in total. The third-order valence-electron chi connectivity index (χ3n) is 4.56. The number of para-hydroxylation sites is 1. The zero-order chi connectivity index (χ0) is 17.8. The zero-order valence-electron chi connectivity index (χ0n) is 14.2. The van der Waals surface area contributed by atoms with E-state index < -0.39 is 0 Å². The Bertz CT molecular complexity index is 791. The van der Waals surface area contributed by atoms with Crippen LogP contribution in [0.4, 0.5) is 10.1 Å². The lowest BCUT2D eigenvalue weighted by molar-refractivity contribution is -0.121. The van der Waals surface area contributed by atoms with Crippen LogP contribution in [0.2, 0.25) is 0 Å². The van der Waals surface area contributed by atoms with Crippen molar-refractivity contribution in [2.24, 2.45) is 0 Å². The minimum Gasteiger partial charge on any atom is -0.356 e. The predicted octanol–water partition coefficient (Wildman–Crippen LogP) is 3.02. The highest BCUT2D eigenvalue weighted by Gasteiger charge is 2.31. The molecular formula is C20H21FN2O2. The second-order valence-electron chi connectivity index (χ2n) is 6.28. The number of hydrogen-bond donors (Lipinski definition) is 1. The van der Waals surface area contributed by atoms with Gasteiger partial charge in [0.1, 0.15) is 5.82 Å². The van der Waals surface area contributed by atoms with E-state index in [-0.39, 0.29) is 23.5 Å². The minimum absolute atomic E-state index is 0.00596. The molecule has 1 N–H and O–H groups in total. The van der Waals surface area contributed by atoms with Gasteiger partial charge in [0.15, 0.2) is 0 Å². The standard InChI is InChI=1S/C20H21FN2O2/c1-14(24)23-13-16(17-7-3-5-9-19(17)23)12-20(25)22-11-10-15-6-2-4-8-18(15)21/h2-9,16H,10-13H2,1H3,(H,22,25). The van der Waals surface area contributed by atoms with Crippen LogP contribution in [0.15, 0.2) is 48.5 Å². The summed E-state index contributed by atoms with van der Waals surface area (Å²) >= 11 is 0. The van der Waals surface area contributed by atoms with Crippen molar-refractivity contribution in [3.05, 3.63) is 65.5 Å². The predicted molar refractivity (Wildman–Crippen MR) is 94.9 cm³/mol. The summed E-state index contributed by atoms with van der Waals surface area (Å²) in [5.41, 5.74) is 2.51. The third-order valence-corrected chi connectivity index (χ3v) is 4.56. The van der Waals surface area contributed by atoms with E-state index in [0.29, 0.717) is 31.5 Å². The molecular weight excluding hydrogens is 319 g/mol. The van der Waals surface area contributed by atoms with Gasteiger partial charge < -0.3 is 10.2 Å². The van der Waals surface area contributed by atoms with Gasteiger partial charge in [-0.25, -0.2) is 4.39 Å². The monoisotopic (exact) mass is 340 g/mol. The number of benzene rings is 2. The molecule has 0 fully saturated rings. The Morgan fingerprint density at radius 1 is 1.16 bits per heavy atom. The number of hydrogen-bond acceptors (Lipinski definition) is 2. The van der Waals surface area contributed by atoms with E-state index in [9.17, 15) is 14.0 Å². The first-order valence-corrected chi connectivity index (χ1v) is 8.43. The molecule has 0 bridgehead atoms. The average molecular weight is 340 g/mol. The molecule has 3 rings (SSSR count). The molecule has 2 aromatic rings. The van der Waals surface area contributed by atoms with Crippen LogP contribution >= 0.6 is 0 Å². The van der Waals surface area contributed by atoms with Crippen molar-refractivity contribution in [2.75, 3.05) is 18.0 Å². The van der Waals surface area contributed by atoms with Crippen molar-refractivity contribution < 1.29 is 14.0 Å². The van der Waals surface area contributed by atoms with E-state index in [4.69, 9.17) is 0 Å². The minimum atomic E-state index is -0.251. The molecule has 0 spiro atoms. The van der Waals surface area contributed by atoms with Crippen LogP contribution in [-0.2, 0) is 16.0 Å². The molecule has 0 saturated heterocycles. The molecule has 130 valence electrons. The number of amides is 2. The molecule has 2 amide bonds. The Hall–Kier alpha value is -2.69. The van der Waals surface area contributed by atoms with Gasteiger partial charge in [-0.2, -0.15) is 0 Å².